The quantitative estimate of drug-likeness (QED) is 0.849. The first kappa shape index (κ1) is 16.6. The molecule has 0 radical (unpaired) electrons. The average Bonchev–Trinajstić information content (AvgIpc) is 2.92. The largest absolute Gasteiger partial charge is 0.342 e. The highest BCUT2D eigenvalue weighted by molar-refractivity contribution is 5.79. The van der Waals surface area contributed by atoms with Crippen LogP contribution in [-0.4, -0.2) is 55.0 Å². The Morgan fingerprint density at radius 2 is 1.78 bits per heavy atom. The molecule has 1 aliphatic heterocycles. The lowest BCUT2D eigenvalue weighted by Crippen LogP contribution is -2.54. The maximum Gasteiger partial charge on any atom is 0.317 e. The zero-order valence-corrected chi connectivity index (χ0v) is 14.8. The van der Waals surface area contributed by atoms with Crippen molar-refractivity contribution in [3.05, 3.63) is 0 Å². The van der Waals surface area contributed by atoms with Crippen LogP contribution < -0.4 is 5.32 Å². The van der Waals surface area contributed by atoms with Crippen molar-refractivity contribution in [1.82, 2.24) is 15.1 Å². The topological polar surface area (TPSA) is 52.7 Å². The molecule has 23 heavy (non-hydrogen) atoms. The summed E-state index contributed by atoms with van der Waals surface area (Å²) >= 11 is 0. The maximum atomic E-state index is 12.7. The molecule has 3 rings (SSSR count). The monoisotopic (exact) mass is 321 g/mol. The van der Waals surface area contributed by atoms with Crippen LogP contribution >= 0.6 is 0 Å². The van der Waals surface area contributed by atoms with E-state index in [9.17, 15) is 9.59 Å². The van der Waals surface area contributed by atoms with E-state index in [1.165, 1.54) is 12.8 Å². The SMILES string of the molecule is CC1CCC(C(=O)N2CCC3(CC(NC(=O)N(C)C)C3)C2)CC1. The van der Waals surface area contributed by atoms with E-state index in [-0.39, 0.29) is 23.4 Å². The Morgan fingerprint density at radius 3 is 2.39 bits per heavy atom. The third kappa shape index (κ3) is 3.48. The molecule has 0 atom stereocenters. The zero-order chi connectivity index (χ0) is 16.6. The van der Waals surface area contributed by atoms with Gasteiger partial charge in [0.05, 0.1) is 0 Å². The van der Waals surface area contributed by atoms with E-state index in [4.69, 9.17) is 0 Å². The van der Waals surface area contributed by atoms with Gasteiger partial charge < -0.3 is 15.1 Å². The summed E-state index contributed by atoms with van der Waals surface area (Å²) in [4.78, 5) is 28.1. The number of carbonyl (C=O) groups excluding carboxylic acids is 2. The highest BCUT2D eigenvalue weighted by atomic mass is 16.2. The first-order chi connectivity index (χ1) is 10.9. The van der Waals surface area contributed by atoms with Gasteiger partial charge in [0, 0.05) is 39.1 Å². The van der Waals surface area contributed by atoms with Gasteiger partial charge >= 0.3 is 6.03 Å². The van der Waals surface area contributed by atoms with Gasteiger partial charge in [-0.25, -0.2) is 4.79 Å². The van der Waals surface area contributed by atoms with E-state index in [0.717, 1.165) is 51.1 Å². The molecule has 2 saturated carbocycles. The van der Waals surface area contributed by atoms with E-state index < -0.39 is 0 Å². The third-order valence-corrected chi connectivity index (χ3v) is 6.21. The minimum atomic E-state index is -0.00731. The molecule has 1 saturated heterocycles. The molecule has 5 nitrogen and oxygen atoms in total. The van der Waals surface area contributed by atoms with Crippen molar-refractivity contribution in [3.63, 3.8) is 0 Å². The maximum absolute atomic E-state index is 12.7. The second-order valence-electron chi connectivity index (χ2n) is 8.42. The van der Waals surface area contributed by atoms with Crippen molar-refractivity contribution in [1.29, 1.82) is 0 Å². The fourth-order valence-electron chi connectivity index (χ4n) is 4.61. The number of hydrogen-bond acceptors (Lipinski definition) is 2. The Hall–Kier alpha value is -1.26. The van der Waals surface area contributed by atoms with Gasteiger partial charge in [0.15, 0.2) is 0 Å². The molecule has 1 spiro atoms. The third-order valence-electron chi connectivity index (χ3n) is 6.21. The summed E-state index contributed by atoms with van der Waals surface area (Å²) in [7, 11) is 3.54. The number of urea groups is 1. The van der Waals surface area contributed by atoms with E-state index in [1.54, 1.807) is 19.0 Å². The Balaban J connectivity index is 1.46. The van der Waals surface area contributed by atoms with Crippen LogP contribution in [0, 0.1) is 17.3 Å². The van der Waals surface area contributed by atoms with Gasteiger partial charge in [-0.1, -0.05) is 6.92 Å². The fourth-order valence-corrected chi connectivity index (χ4v) is 4.61. The standard InChI is InChI=1S/C18H31N3O2/c1-13-4-6-14(7-5-13)16(22)21-9-8-18(12-21)10-15(11-18)19-17(23)20(2)3/h13-15H,4-12H2,1-3H3,(H,19,23). The second kappa shape index (κ2) is 6.33. The van der Waals surface area contributed by atoms with Crippen LogP contribution in [0.4, 0.5) is 4.79 Å². The van der Waals surface area contributed by atoms with Crippen molar-refractivity contribution in [3.8, 4) is 0 Å². The molecule has 3 aliphatic rings. The molecular weight excluding hydrogens is 290 g/mol. The van der Waals surface area contributed by atoms with Crippen LogP contribution in [0.15, 0.2) is 0 Å². The smallest absolute Gasteiger partial charge is 0.317 e. The molecule has 0 aromatic carbocycles. The highest BCUT2D eigenvalue weighted by Gasteiger charge is 2.50. The predicted octanol–water partition coefficient (Wildman–Crippen LogP) is 2.47. The lowest BCUT2D eigenvalue weighted by Gasteiger charge is -2.45. The fraction of sp³-hybridized carbons (Fsp3) is 0.889. The summed E-state index contributed by atoms with van der Waals surface area (Å²) in [5.41, 5.74) is 0.280. The number of likely N-dealkylation sites (tertiary alicyclic amines) is 1. The summed E-state index contributed by atoms with van der Waals surface area (Å²) in [6.45, 7) is 4.12. The van der Waals surface area contributed by atoms with Crippen molar-refractivity contribution >= 4 is 11.9 Å². The van der Waals surface area contributed by atoms with Gasteiger partial charge in [-0.3, -0.25) is 4.79 Å². The van der Waals surface area contributed by atoms with Crippen LogP contribution in [-0.2, 0) is 4.79 Å². The van der Waals surface area contributed by atoms with Crippen LogP contribution in [0.1, 0.15) is 51.9 Å². The predicted molar refractivity (Wildman–Crippen MR) is 90.0 cm³/mol. The van der Waals surface area contributed by atoms with Crippen LogP contribution in [0.3, 0.4) is 0 Å². The molecule has 0 aromatic rings. The molecular formula is C18H31N3O2. The molecule has 3 amide bonds. The molecule has 2 aliphatic carbocycles. The van der Waals surface area contributed by atoms with Gasteiger partial charge in [-0.05, 0) is 56.3 Å². The molecule has 130 valence electrons. The lowest BCUT2D eigenvalue weighted by molar-refractivity contribution is -0.136. The molecule has 0 aromatic heterocycles. The van der Waals surface area contributed by atoms with E-state index in [2.05, 4.69) is 17.1 Å². The number of hydrogen-bond donors (Lipinski definition) is 1. The normalized spacial score (nSPS) is 36.7. The number of rotatable bonds is 2. The number of nitrogens with zero attached hydrogens (tertiary/aromatic N) is 2. The first-order valence-corrected chi connectivity index (χ1v) is 9.15. The number of nitrogens with one attached hydrogen (secondary N) is 1. The first-order valence-electron chi connectivity index (χ1n) is 9.15. The van der Waals surface area contributed by atoms with Crippen molar-refractivity contribution < 1.29 is 9.59 Å². The van der Waals surface area contributed by atoms with E-state index in [0.29, 0.717) is 5.91 Å². The minimum Gasteiger partial charge on any atom is -0.342 e. The molecule has 0 bridgehead atoms. The molecule has 5 heteroatoms. The molecule has 3 fully saturated rings. The van der Waals surface area contributed by atoms with E-state index >= 15 is 0 Å². The average molecular weight is 321 g/mol. The Bertz CT molecular complexity index is 463. The van der Waals surface area contributed by atoms with Gasteiger partial charge in [0.25, 0.3) is 0 Å². The van der Waals surface area contributed by atoms with Crippen LogP contribution in [0.5, 0.6) is 0 Å². The second-order valence-corrected chi connectivity index (χ2v) is 8.42. The Morgan fingerprint density at radius 1 is 1.13 bits per heavy atom. The van der Waals surface area contributed by atoms with Crippen molar-refractivity contribution in [2.45, 2.75) is 57.9 Å². The summed E-state index contributed by atoms with van der Waals surface area (Å²) in [5.74, 6) is 1.46. The lowest BCUT2D eigenvalue weighted by atomic mass is 9.65. The molecule has 0 unspecified atom stereocenters. The Kier molecular flexibility index (Phi) is 4.56. The summed E-state index contributed by atoms with van der Waals surface area (Å²) < 4.78 is 0. The number of amides is 3. The Labute approximate surface area is 139 Å². The minimum absolute atomic E-state index is 0.00731. The van der Waals surface area contributed by atoms with Gasteiger partial charge in [0.1, 0.15) is 0 Å². The summed E-state index contributed by atoms with van der Waals surface area (Å²) in [5, 5.41) is 3.06. The highest BCUT2D eigenvalue weighted by Crippen LogP contribution is 2.48. The van der Waals surface area contributed by atoms with Gasteiger partial charge in [-0.2, -0.15) is 0 Å². The number of carbonyl (C=O) groups is 2. The summed E-state index contributed by atoms with van der Waals surface area (Å²) in [6.07, 6.45) is 7.71. The van der Waals surface area contributed by atoms with Crippen LogP contribution in [0.25, 0.3) is 0 Å². The van der Waals surface area contributed by atoms with Gasteiger partial charge in [-0.15, -0.1) is 0 Å². The summed E-state index contributed by atoms with van der Waals surface area (Å²) in [6, 6.07) is 0.280. The molecule has 1 heterocycles. The molecule has 1 N–H and O–H groups in total. The van der Waals surface area contributed by atoms with E-state index in [1.807, 2.05) is 0 Å². The van der Waals surface area contributed by atoms with Crippen molar-refractivity contribution in [2.24, 2.45) is 17.3 Å². The van der Waals surface area contributed by atoms with Gasteiger partial charge in [0.2, 0.25) is 5.91 Å². The van der Waals surface area contributed by atoms with Crippen LogP contribution in [0.2, 0.25) is 0 Å². The van der Waals surface area contributed by atoms with Crippen molar-refractivity contribution in [2.75, 3.05) is 27.2 Å². The zero-order valence-electron chi connectivity index (χ0n) is 14.8.